The number of benzene rings is 1. The average molecular weight is 509 g/mol. The van der Waals surface area contributed by atoms with Crippen LogP contribution in [-0.4, -0.2) is 102 Å². The SMILES string of the molecule is O=S(=O)(O)ON=C(SC1OC(CO)C(O)C(O)C1O)C(O)C(O)Cc1c[nH]c2ccccc12. The van der Waals surface area contributed by atoms with Gasteiger partial charge in [-0.25, -0.2) is 4.28 Å². The summed E-state index contributed by atoms with van der Waals surface area (Å²) in [5.41, 5.74) is -0.0437. The van der Waals surface area contributed by atoms with Crippen LogP contribution in [-0.2, 0) is 25.8 Å². The third kappa shape index (κ3) is 6.21. The quantitative estimate of drug-likeness (QED) is 0.0847. The number of fused-ring (bicyclic) bond motifs is 1. The zero-order valence-corrected chi connectivity index (χ0v) is 18.5. The first-order valence-corrected chi connectivity index (χ1v) is 11.9. The van der Waals surface area contributed by atoms with Crippen molar-refractivity contribution in [2.45, 2.75) is 48.5 Å². The lowest BCUT2D eigenvalue weighted by molar-refractivity contribution is -0.205. The molecule has 8 N–H and O–H groups in total. The number of para-hydroxylation sites is 1. The minimum atomic E-state index is -5.08. The van der Waals surface area contributed by atoms with Gasteiger partial charge in [0.1, 0.15) is 41.0 Å². The van der Waals surface area contributed by atoms with Gasteiger partial charge in [0.2, 0.25) is 0 Å². The van der Waals surface area contributed by atoms with Crippen molar-refractivity contribution in [2.75, 3.05) is 6.61 Å². The number of thioether (sulfide) groups is 1. The van der Waals surface area contributed by atoms with Crippen LogP contribution in [0.5, 0.6) is 0 Å². The molecule has 1 aromatic heterocycles. The second-order valence-corrected chi connectivity index (χ2v) is 9.45. The summed E-state index contributed by atoms with van der Waals surface area (Å²) in [6.45, 7) is -0.720. The van der Waals surface area contributed by atoms with Crippen molar-refractivity contribution in [3.8, 4) is 0 Å². The maximum atomic E-state index is 11.0. The molecular weight excluding hydrogens is 484 g/mol. The number of nitrogens with one attached hydrogen (secondary N) is 1. The number of aromatic nitrogens is 1. The predicted octanol–water partition coefficient (Wildman–Crippen LogP) is -1.90. The van der Waals surface area contributed by atoms with Crippen LogP contribution in [0.1, 0.15) is 5.56 Å². The van der Waals surface area contributed by atoms with Crippen molar-refractivity contribution < 1.29 is 52.6 Å². The normalized spacial score (nSPS) is 28.6. The standard InChI is InChI=1S/C18H24N2O11S2/c21-7-12-14(24)15(25)16(26)18(30-12)32-17(20-31-33(27,28)29)13(23)11(22)5-8-6-19-10-4-2-1-3-9(8)10/h1-4,6,11-16,18-19,21-26H,5,7H2,(H,27,28,29). The number of aliphatic hydroxyl groups is 6. The molecule has 2 aromatic rings. The Hall–Kier alpha value is -1.79. The maximum absolute atomic E-state index is 11.0. The Labute approximate surface area is 192 Å². The van der Waals surface area contributed by atoms with Crippen LogP contribution in [0.25, 0.3) is 10.9 Å². The van der Waals surface area contributed by atoms with E-state index in [0.717, 1.165) is 10.9 Å². The molecule has 13 nitrogen and oxygen atoms in total. The van der Waals surface area contributed by atoms with Gasteiger partial charge in [0, 0.05) is 23.5 Å². The van der Waals surface area contributed by atoms with E-state index in [2.05, 4.69) is 14.4 Å². The molecule has 0 amide bonds. The number of rotatable bonds is 8. The van der Waals surface area contributed by atoms with Gasteiger partial charge >= 0.3 is 10.4 Å². The molecule has 0 radical (unpaired) electrons. The lowest BCUT2D eigenvalue weighted by atomic mass is 10.0. The zero-order chi connectivity index (χ0) is 24.3. The van der Waals surface area contributed by atoms with Gasteiger partial charge in [-0.1, -0.05) is 35.1 Å². The monoisotopic (exact) mass is 508 g/mol. The maximum Gasteiger partial charge on any atom is 0.466 e. The molecule has 184 valence electrons. The molecule has 0 saturated carbocycles. The van der Waals surface area contributed by atoms with Gasteiger partial charge in [0.05, 0.1) is 12.7 Å². The lowest BCUT2D eigenvalue weighted by Gasteiger charge is -2.39. The summed E-state index contributed by atoms with van der Waals surface area (Å²) in [4.78, 5) is 3.01. The predicted molar refractivity (Wildman–Crippen MR) is 115 cm³/mol. The minimum absolute atomic E-state index is 0.106. The van der Waals surface area contributed by atoms with Crippen LogP contribution in [0.2, 0.25) is 0 Å². The van der Waals surface area contributed by atoms with Gasteiger partial charge in [-0.15, -0.1) is 0 Å². The summed E-state index contributed by atoms with van der Waals surface area (Å²) >= 11 is 0.369. The van der Waals surface area contributed by atoms with Crippen molar-refractivity contribution in [1.82, 2.24) is 4.98 Å². The second-order valence-electron chi connectivity index (χ2n) is 7.32. The summed E-state index contributed by atoms with van der Waals surface area (Å²) in [5, 5.41) is 63.8. The average Bonchev–Trinajstić information content (AvgIpc) is 3.18. The Balaban J connectivity index is 1.82. The van der Waals surface area contributed by atoms with Crippen molar-refractivity contribution in [3.05, 3.63) is 36.0 Å². The van der Waals surface area contributed by atoms with E-state index in [9.17, 15) is 39.1 Å². The minimum Gasteiger partial charge on any atom is -0.394 e. The molecule has 2 heterocycles. The molecule has 0 aliphatic carbocycles. The van der Waals surface area contributed by atoms with E-state index in [4.69, 9.17) is 9.29 Å². The third-order valence-electron chi connectivity index (χ3n) is 5.03. The number of hydrogen-bond donors (Lipinski definition) is 8. The Kier molecular flexibility index (Phi) is 8.33. The smallest absolute Gasteiger partial charge is 0.394 e. The van der Waals surface area contributed by atoms with Gasteiger partial charge in [0.15, 0.2) is 0 Å². The summed E-state index contributed by atoms with van der Waals surface area (Å²) in [5.74, 6) is 0. The number of oxime groups is 1. The van der Waals surface area contributed by atoms with E-state index in [1.807, 2.05) is 12.1 Å². The first kappa shape index (κ1) is 25.8. The molecule has 7 atom stereocenters. The molecule has 33 heavy (non-hydrogen) atoms. The van der Waals surface area contributed by atoms with E-state index >= 15 is 0 Å². The molecule has 15 heteroatoms. The Morgan fingerprint density at radius 3 is 2.55 bits per heavy atom. The summed E-state index contributed by atoms with van der Waals surface area (Å²) in [7, 11) is -5.08. The highest BCUT2D eigenvalue weighted by Gasteiger charge is 2.45. The van der Waals surface area contributed by atoms with Gasteiger partial charge in [-0.05, 0) is 11.6 Å². The largest absolute Gasteiger partial charge is 0.466 e. The van der Waals surface area contributed by atoms with Crippen LogP contribution in [0.3, 0.4) is 0 Å². The lowest BCUT2D eigenvalue weighted by Crippen LogP contribution is -2.58. The van der Waals surface area contributed by atoms with E-state index in [0.29, 0.717) is 17.3 Å². The van der Waals surface area contributed by atoms with Crippen LogP contribution >= 0.6 is 11.8 Å². The zero-order valence-electron chi connectivity index (χ0n) is 16.9. The number of aliphatic hydroxyl groups excluding tert-OH is 6. The molecule has 0 spiro atoms. The molecule has 3 rings (SSSR count). The molecule has 1 saturated heterocycles. The van der Waals surface area contributed by atoms with Gasteiger partial charge in [0.25, 0.3) is 0 Å². The highest BCUT2D eigenvalue weighted by atomic mass is 32.3. The molecular formula is C18H24N2O11S2. The summed E-state index contributed by atoms with van der Waals surface area (Å²) in [6, 6.07) is 7.19. The molecule has 1 aliphatic heterocycles. The molecule has 1 aliphatic rings. The Morgan fingerprint density at radius 2 is 1.88 bits per heavy atom. The molecule has 0 bridgehead atoms. The number of ether oxygens (including phenoxy) is 1. The van der Waals surface area contributed by atoms with E-state index < -0.39 is 64.1 Å². The first-order chi connectivity index (χ1) is 15.5. The number of nitrogens with zero attached hydrogens (tertiary/aromatic N) is 1. The van der Waals surface area contributed by atoms with Gasteiger partial charge < -0.3 is 40.4 Å². The highest BCUT2D eigenvalue weighted by Crippen LogP contribution is 2.31. The van der Waals surface area contributed by atoms with Crippen LogP contribution in [0.15, 0.2) is 35.6 Å². The number of H-pyrrole nitrogens is 1. The Morgan fingerprint density at radius 1 is 1.18 bits per heavy atom. The van der Waals surface area contributed by atoms with Crippen molar-refractivity contribution in [2.24, 2.45) is 5.16 Å². The topological polar surface area (TPSA) is 222 Å². The Bertz CT molecular complexity index is 1070. The fraction of sp³-hybridized carbons (Fsp3) is 0.500. The number of hydrogen-bond acceptors (Lipinski definition) is 12. The van der Waals surface area contributed by atoms with Crippen molar-refractivity contribution in [3.63, 3.8) is 0 Å². The fourth-order valence-corrected chi connectivity index (χ4v) is 4.65. The van der Waals surface area contributed by atoms with Crippen LogP contribution < -0.4 is 0 Å². The third-order valence-corrected chi connectivity index (χ3v) is 6.47. The van der Waals surface area contributed by atoms with E-state index in [1.165, 1.54) is 0 Å². The number of aromatic amines is 1. The molecule has 1 aromatic carbocycles. The van der Waals surface area contributed by atoms with Crippen LogP contribution in [0, 0.1) is 0 Å². The summed E-state index contributed by atoms with van der Waals surface area (Å²) in [6.07, 6.45) is -8.33. The second kappa shape index (κ2) is 10.6. The molecule has 1 fully saturated rings. The van der Waals surface area contributed by atoms with Gasteiger partial charge in [-0.2, -0.15) is 8.42 Å². The molecule has 7 unspecified atom stereocenters. The van der Waals surface area contributed by atoms with Crippen molar-refractivity contribution >= 4 is 38.1 Å². The summed E-state index contributed by atoms with van der Waals surface area (Å²) < 4.78 is 40.0. The van der Waals surface area contributed by atoms with Crippen molar-refractivity contribution in [1.29, 1.82) is 0 Å². The highest BCUT2D eigenvalue weighted by molar-refractivity contribution is 8.14. The van der Waals surface area contributed by atoms with Crippen LogP contribution in [0.4, 0.5) is 0 Å². The van der Waals surface area contributed by atoms with E-state index in [-0.39, 0.29) is 6.42 Å². The fourth-order valence-electron chi connectivity index (χ4n) is 3.31. The van der Waals surface area contributed by atoms with E-state index in [1.54, 1.807) is 18.3 Å². The van der Waals surface area contributed by atoms with Gasteiger partial charge in [-0.3, -0.25) is 4.55 Å². The first-order valence-electron chi connectivity index (χ1n) is 9.64.